The normalized spacial score (nSPS) is 12.8. The molecule has 0 atom stereocenters. The molecule has 0 saturated heterocycles. The second kappa shape index (κ2) is 8.59. The second-order valence-corrected chi connectivity index (χ2v) is 7.87. The van der Waals surface area contributed by atoms with Crippen LogP contribution in [0.4, 0.5) is 0 Å². The largest absolute Gasteiger partial charge is 0.481 e. The maximum absolute atomic E-state index is 11.7. The zero-order chi connectivity index (χ0) is 15.8. The molecule has 0 fully saturated rings. The summed E-state index contributed by atoms with van der Waals surface area (Å²) in [5.41, 5.74) is -0.199. The molecule has 0 aliphatic heterocycles. The molecule has 2 N–H and O–H groups in total. The number of aliphatic carboxylic acids is 1. The third kappa shape index (κ3) is 11.2. The number of sulfonamides is 1. The number of nitrogens with one attached hydrogen (secondary N) is 1. The van der Waals surface area contributed by atoms with Gasteiger partial charge in [0.1, 0.15) is 0 Å². The van der Waals surface area contributed by atoms with E-state index in [0.717, 1.165) is 0 Å². The first-order valence-electron chi connectivity index (χ1n) is 6.85. The summed E-state index contributed by atoms with van der Waals surface area (Å²) in [6.07, 6.45) is 1.24. The van der Waals surface area contributed by atoms with E-state index >= 15 is 0 Å². The standard InChI is InChI=1S/C13H27NO5S/c1-11(2)19-9-10-20(17,18)14-8-7-13(3,4)6-5-12(15)16/h11,14H,5-10H2,1-4H3,(H,15,16). The average Bonchev–Trinajstić information content (AvgIpc) is 2.25. The van der Waals surface area contributed by atoms with Crippen molar-refractivity contribution in [3.63, 3.8) is 0 Å². The molecule has 0 radical (unpaired) electrons. The summed E-state index contributed by atoms with van der Waals surface area (Å²) in [7, 11) is -3.32. The van der Waals surface area contributed by atoms with Crippen LogP contribution in [0.2, 0.25) is 0 Å². The Morgan fingerprint density at radius 2 is 1.90 bits per heavy atom. The molecule has 0 heterocycles. The third-order valence-corrected chi connectivity index (χ3v) is 4.29. The topological polar surface area (TPSA) is 92.7 Å². The lowest BCUT2D eigenvalue weighted by Gasteiger charge is -2.23. The van der Waals surface area contributed by atoms with Crippen LogP contribution in [0, 0.1) is 5.41 Å². The first-order valence-corrected chi connectivity index (χ1v) is 8.50. The van der Waals surface area contributed by atoms with Gasteiger partial charge in [-0.1, -0.05) is 13.8 Å². The van der Waals surface area contributed by atoms with Crippen LogP contribution in [0.3, 0.4) is 0 Å². The molecule has 6 nitrogen and oxygen atoms in total. The molecule has 0 amide bonds. The summed E-state index contributed by atoms with van der Waals surface area (Å²) in [6.45, 7) is 8.07. The van der Waals surface area contributed by atoms with Crippen LogP contribution < -0.4 is 4.72 Å². The predicted octanol–water partition coefficient (Wildman–Crippen LogP) is 1.61. The number of hydrogen-bond donors (Lipinski definition) is 2. The lowest BCUT2D eigenvalue weighted by atomic mass is 9.84. The molecular formula is C13H27NO5S. The van der Waals surface area contributed by atoms with E-state index < -0.39 is 16.0 Å². The average molecular weight is 309 g/mol. The molecule has 0 aliphatic carbocycles. The van der Waals surface area contributed by atoms with Crippen molar-refractivity contribution in [2.45, 2.75) is 53.1 Å². The van der Waals surface area contributed by atoms with E-state index in [1.54, 1.807) is 0 Å². The molecule has 0 aromatic rings. The molecule has 0 rings (SSSR count). The molecule has 0 spiro atoms. The SMILES string of the molecule is CC(C)OCCS(=O)(=O)NCCC(C)(C)CCC(=O)O. The van der Waals surface area contributed by atoms with Gasteiger partial charge in [-0.3, -0.25) is 4.79 Å². The number of ether oxygens (including phenoxy) is 1. The molecule has 0 aromatic carbocycles. The van der Waals surface area contributed by atoms with Crippen molar-refractivity contribution >= 4 is 16.0 Å². The first kappa shape index (κ1) is 19.3. The summed E-state index contributed by atoms with van der Waals surface area (Å²) in [6, 6.07) is 0. The summed E-state index contributed by atoms with van der Waals surface area (Å²) >= 11 is 0. The molecule has 120 valence electrons. The van der Waals surface area contributed by atoms with Crippen LogP contribution in [0.1, 0.15) is 47.0 Å². The van der Waals surface area contributed by atoms with Gasteiger partial charge in [0, 0.05) is 13.0 Å². The lowest BCUT2D eigenvalue weighted by Crippen LogP contribution is -2.32. The second-order valence-electron chi connectivity index (χ2n) is 5.94. The maximum atomic E-state index is 11.7. The zero-order valence-corrected chi connectivity index (χ0v) is 13.6. The van der Waals surface area contributed by atoms with E-state index in [4.69, 9.17) is 9.84 Å². The predicted molar refractivity (Wildman–Crippen MR) is 78.1 cm³/mol. The van der Waals surface area contributed by atoms with Crippen LogP contribution in [0.15, 0.2) is 0 Å². The molecule has 20 heavy (non-hydrogen) atoms. The van der Waals surface area contributed by atoms with Crippen LogP contribution in [-0.2, 0) is 19.6 Å². The fourth-order valence-corrected chi connectivity index (χ4v) is 2.45. The van der Waals surface area contributed by atoms with Crippen molar-refractivity contribution < 1.29 is 23.1 Å². The summed E-state index contributed by atoms with van der Waals surface area (Å²) in [4.78, 5) is 10.5. The third-order valence-electron chi connectivity index (χ3n) is 2.94. The quantitative estimate of drug-likeness (QED) is 0.605. The Labute approximate surface area is 121 Å². The Balaban J connectivity index is 3.99. The maximum Gasteiger partial charge on any atom is 0.303 e. The Bertz CT molecular complexity index is 390. The highest BCUT2D eigenvalue weighted by molar-refractivity contribution is 7.89. The van der Waals surface area contributed by atoms with Gasteiger partial charge in [-0.15, -0.1) is 0 Å². The van der Waals surface area contributed by atoms with E-state index in [1.165, 1.54) is 0 Å². The fraction of sp³-hybridized carbons (Fsp3) is 0.923. The molecule has 0 bridgehead atoms. The Hall–Kier alpha value is -0.660. The highest BCUT2D eigenvalue weighted by Crippen LogP contribution is 2.26. The molecule has 0 saturated carbocycles. The van der Waals surface area contributed by atoms with Gasteiger partial charge in [-0.05, 0) is 32.1 Å². The van der Waals surface area contributed by atoms with Crippen LogP contribution >= 0.6 is 0 Å². The minimum Gasteiger partial charge on any atom is -0.481 e. The van der Waals surface area contributed by atoms with E-state index in [9.17, 15) is 13.2 Å². The monoisotopic (exact) mass is 309 g/mol. The van der Waals surface area contributed by atoms with Crippen LogP contribution in [-0.4, -0.2) is 44.5 Å². The van der Waals surface area contributed by atoms with Crippen molar-refractivity contribution in [2.75, 3.05) is 18.9 Å². The molecular weight excluding hydrogens is 282 g/mol. The molecule has 0 unspecified atom stereocenters. The van der Waals surface area contributed by atoms with Crippen LogP contribution in [0.25, 0.3) is 0 Å². The van der Waals surface area contributed by atoms with Gasteiger partial charge in [-0.25, -0.2) is 13.1 Å². The van der Waals surface area contributed by atoms with Crippen molar-refractivity contribution in [1.82, 2.24) is 4.72 Å². The fourth-order valence-electron chi connectivity index (χ4n) is 1.58. The Morgan fingerprint density at radius 1 is 1.30 bits per heavy atom. The minimum atomic E-state index is -3.32. The van der Waals surface area contributed by atoms with Gasteiger partial charge in [0.25, 0.3) is 0 Å². The summed E-state index contributed by atoms with van der Waals surface area (Å²) < 4.78 is 31.1. The van der Waals surface area contributed by atoms with Gasteiger partial charge >= 0.3 is 5.97 Å². The van der Waals surface area contributed by atoms with Gasteiger partial charge in [-0.2, -0.15) is 0 Å². The Kier molecular flexibility index (Phi) is 8.30. The number of rotatable bonds is 11. The van der Waals surface area contributed by atoms with Gasteiger partial charge < -0.3 is 9.84 Å². The number of carboxylic acids is 1. The van der Waals surface area contributed by atoms with E-state index in [1.807, 2.05) is 27.7 Å². The van der Waals surface area contributed by atoms with Gasteiger partial charge in [0.2, 0.25) is 10.0 Å². The zero-order valence-electron chi connectivity index (χ0n) is 12.8. The van der Waals surface area contributed by atoms with E-state index in [0.29, 0.717) is 19.4 Å². The Morgan fingerprint density at radius 3 is 2.40 bits per heavy atom. The minimum absolute atomic E-state index is 0.0140. The van der Waals surface area contributed by atoms with Gasteiger partial charge in [0.05, 0.1) is 18.5 Å². The number of hydrogen-bond acceptors (Lipinski definition) is 4. The number of carbonyl (C=O) groups is 1. The smallest absolute Gasteiger partial charge is 0.303 e. The molecule has 0 aromatic heterocycles. The van der Waals surface area contributed by atoms with Gasteiger partial charge in [0.15, 0.2) is 0 Å². The highest BCUT2D eigenvalue weighted by Gasteiger charge is 2.20. The highest BCUT2D eigenvalue weighted by atomic mass is 32.2. The van der Waals surface area contributed by atoms with Crippen LogP contribution in [0.5, 0.6) is 0 Å². The van der Waals surface area contributed by atoms with Crippen molar-refractivity contribution in [3.8, 4) is 0 Å². The van der Waals surface area contributed by atoms with Crippen molar-refractivity contribution in [2.24, 2.45) is 5.41 Å². The number of carboxylic acid groups (broad SMARTS) is 1. The molecule has 7 heteroatoms. The van der Waals surface area contributed by atoms with E-state index in [-0.39, 0.29) is 30.3 Å². The lowest BCUT2D eigenvalue weighted by molar-refractivity contribution is -0.137. The van der Waals surface area contributed by atoms with E-state index in [2.05, 4.69) is 4.72 Å². The summed E-state index contributed by atoms with van der Waals surface area (Å²) in [5.74, 6) is -0.884. The van der Waals surface area contributed by atoms with Crippen molar-refractivity contribution in [1.29, 1.82) is 0 Å². The van der Waals surface area contributed by atoms with Crippen molar-refractivity contribution in [3.05, 3.63) is 0 Å². The molecule has 0 aliphatic rings. The first-order chi connectivity index (χ1) is 9.04. The summed E-state index contributed by atoms with van der Waals surface area (Å²) in [5, 5.41) is 8.65.